The summed E-state index contributed by atoms with van der Waals surface area (Å²) in [5, 5.41) is 2.85. The Balaban J connectivity index is 2.04. The van der Waals surface area contributed by atoms with Crippen LogP contribution >= 0.6 is 0 Å². The highest BCUT2D eigenvalue weighted by Crippen LogP contribution is 2.25. The average Bonchev–Trinajstić information content (AvgIpc) is 2.90. The van der Waals surface area contributed by atoms with E-state index in [1.54, 1.807) is 43.3 Å². The monoisotopic (exact) mass is 553 g/mol. The fourth-order valence-electron chi connectivity index (χ4n) is 4.01. The quantitative estimate of drug-likeness (QED) is 0.386. The maximum absolute atomic E-state index is 14.6. The summed E-state index contributed by atoms with van der Waals surface area (Å²) < 4.78 is 43.2. The van der Waals surface area contributed by atoms with Crippen molar-refractivity contribution in [2.45, 2.75) is 64.1 Å². The fourth-order valence-corrected chi connectivity index (χ4v) is 5.45. The Morgan fingerprint density at radius 2 is 1.51 bits per heavy atom. The van der Waals surface area contributed by atoms with Gasteiger partial charge in [-0.2, -0.15) is 0 Å². The summed E-state index contributed by atoms with van der Waals surface area (Å²) in [7, 11) is -4.15. The molecule has 1 atom stereocenters. The molecule has 2 amide bonds. The lowest BCUT2D eigenvalue weighted by Crippen LogP contribution is -2.54. The molecule has 208 valence electrons. The van der Waals surface area contributed by atoms with Crippen molar-refractivity contribution in [2.24, 2.45) is 0 Å². The molecular formula is C30H36FN3O4S. The molecule has 0 heterocycles. The Labute approximate surface area is 230 Å². The third-order valence-electron chi connectivity index (χ3n) is 6.21. The summed E-state index contributed by atoms with van der Waals surface area (Å²) in [4.78, 5) is 28.2. The molecule has 0 spiro atoms. The molecule has 0 aromatic heterocycles. The zero-order valence-electron chi connectivity index (χ0n) is 23.0. The van der Waals surface area contributed by atoms with Crippen molar-refractivity contribution in [3.05, 3.63) is 95.8 Å². The Morgan fingerprint density at radius 1 is 0.923 bits per heavy atom. The van der Waals surface area contributed by atoms with Gasteiger partial charge in [0.25, 0.3) is 10.0 Å². The molecule has 3 aromatic carbocycles. The zero-order valence-corrected chi connectivity index (χ0v) is 23.8. The molecule has 0 aliphatic heterocycles. The molecule has 39 heavy (non-hydrogen) atoms. The van der Waals surface area contributed by atoms with Gasteiger partial charge in [-0.05, 0) is 70.0 Å². The van der Waals surface area contributed by atoms with Gasteiger partial charge in [0.1, 0.15) is 18.4 Å². The van der Waals surface area contributed by atoms with Crippen molar-refractivity contribution in [2.75, 3.05) is 10.8 Å². The third kappa shape index (κ3) is 7.66. The lowest BCUT2D eigenvalue weighted by atomic mass is 10.1. The third-order valence-corrected chi connectivity index (χ3v) is 7.99. The number of nitrogens with one attached hydrogen (secondary N) is 1. The van der Waals surface area contributed by atoms with E-state index in [-0.39, 0.29) is 17.0 Å². The van der Waals surface area contributed by atoms with E-state index in [0.717, 1.165) is 16.3 Å². The van der Waals surface area contributed by atoms with E-state index in [0.29, 0.717) is 5.69 Å². The van der Waals surface area contributed by atoms with Crippen LogP contribution in [0.25, 0.3) is 0 Å². The summed E-state index contributed by atoms with van der Waals surface area (Å²) >= 11 is 0. The molecule has 9 heteroatoms. The van der Waals surface area contributed by atoms with Crippen LogP contribution in [-0.4, -0.2) is 43.3 Å². The van der Waals surface area contributed by atoms with E-state index in [4.69, 9.17) is 0 Å². The molecule has 7 nitrogen and oxygen atoms in total. The molecule has 0 radical (unpaired) electrons. The van der Waals surface area contributed by atoms with Crippen LogP contribution in [0.4, 0.5) is 10.1 Å². The van der Waals surface area contributed by atoms with Crippen molar-refractivity contribution in [3.8, 4) is 0 Å². The first-order valence-electron chi connectivity index (χ1n) is 12.8. The topological polar surface area (TPSA) is 86.8 Å². The highest BCUT2D eigenvalue weighted by Gasteiger charge is 2.33. The Bertz CT molecular complexity index is 1390. The SMILES string of the molecule is CCc1ccc(N(CC(=O)N(Cc2ccccc2F)[C@@H](C)C(=O)NC(C)(C)C)S(=O)(=O)c2ccccc2)cc1. The highest BCUT2D eigenvalue weighted by atomic mass is 32.2. The average molecular weight is 554 g/mol. The van der Waals surface area contributed by atoms with Crippen molar-refractivity contribution < 1.29 is 22.4 Å². The second-order valence-electron chi connectivity index (χ2n) is 10.4. The van der Waals surface area contributed by atoms with Gasteiger partial charge in [-0.25, -0.2) is 12.8 Å². The summed E-state index contributed by atoms with van der Waals surface area (Å²) in [6.45, 7) is 8.19. The van der Waals surface area contributed by atoms with Crippen LogP contribution in [0.1, 0.15) is 45.7 Å². The minimum atomic E-state index is -4.15. The smallest absolute Gasteiger partial charge is 0.264 e. The van der Waals surface area contributed by atoms with Gasteiger partial charge in [0.2, 0.25) is 11.8 Å². The summed E-state index contributed by atoms with van der Waals surface area (Å²) in [5.41, 5.74) is 0.964. The van der Waals surface area contributed by atoms with E-state index in [9.17, 15) is 22.4 Å². The molecular weight excluding hydrogens is 517 g/mol. The van der Waals surface area contributed by atoms with Crippen LogP contribution in [0, 0.1) is 5.82 Å². The highest BCUT2D eigenvalue weighted by molar-refractivity contribution is 7.92. The van der Waals surface area contributed by atoms with Gasteiger partial charge in [0, 0.05) is 17.6 Å². The number of benzene rings is 3. The Hall–Kier alpha value is -3.72. The van der Waals surface area contributed by atoms with E-state index in [2.05, 4.69) is 5.32 Å². The van der Waals surface area contributed by atoms with Gasteiger partial charge in [-0.1, -0.05) is 55.5 Å². The molecule has 0 saturated carbocycles. The van der Waals surface area contributed by atoms with Gasteiger partial charge in [-0.15, -0.1) is 0 Å². The lowest BCUT2D eigenvalue weighted by molar-refractivity contribution is -0.140. The molecule has 3 rings (SSSR count). The normalized spacial score (nSPS) is 12.5. The first-order chi connectivity index (χ1) is 18.3. The molecule has 0 unspecified atom stereocenters. The first kappa shape index (κ1) is 29.8. The molecule has 1 N–H and O–H groups in total. The van der Waals surface area contributed by atoms with Crippen molar-refractivity contribution in [1.82, 2.24) is 10.2 Å². The van der Waals surface area contributed by atoms with Crippen LogP contribution in [0.5, 0.6) is 0 Å². The lowest BCUT2D eigenvalue weighted by Gasteiger charge is -2.33. The fraction of sp³-hybridized carbons (Fsp3) is 0.333. The molecule has 0 fully saturated rings. The van der Waals surface area contributed by atoms with E-state index in [1.807, 2.05) is 39.8 Å². The predicted molar refractivity (Wildman–Crippen MR) is 151 cm³/mol. The summed E-state index contributed by atoms with van der Waals surface area (Å²) in [6.07, 6.45) is 0.765. The van der Waals surface area contributed by atoms with Gasteiger partial charge < -0.3 is 10.2 Å². The standard InChI is InChI=1S/C30H36FN3O4S/c1-6-23-16-18-25(19-17-23)34(39(37,38)26-13-8-7-9-14-26)21-28(35)33(20-24-12-10-11-15-27(24)31)22(2)29(36)32-30(3,4)5/h7-19,22H,6,20-21H2,1-5H3,(H,32,36)/t22-/m0/s1. The van der Waals surface area contributed by atoms with E-state index in [1.165, 1.54) is 35.2 Å². The first-order valence-corrected chi connectivity index (χ1v) is 14.3. The van der Waals surface area contributed by atoms with Crippen LogP contribution in [0.2, 0.25) is 0 Å². The molecule has 0 bridgehead atoms. The Kier molecular flexibility index (Phi) is 9.50. The van der Waals surface area contributed by atoms with Gasteiger partial charge in [0.15, 0.2) is 0 Å². The van der Waals surface area contributed by atoms with Crippen molar-refractivity contribution in [3.63, 3.8) is 0 Å². The van der Waals surface area contributed by atoms with Crippen LogP contribution in [-0.2, 0) is 32.6 Å². The number of nitrogens with zero attached hydrogens (tertiary/aromatic N) is 2. The number of rotatable bonds is 10. The number of hydrogen-bond donors (Lipinski definition) is 1. The minimum absolute atomic E-state index is 0.0246. The maximum atomic E-state index is 14.6. The largest absolute Gasteiger partial charge is 0.350 e. The number of sulfonamides is 1. The molecule has 0 aliphatic carbocycles. The van der Waals surface area contributed by atoms with E-state index < -0.39 is 45.8 Å². The molecule has 0 saturated heterocycles. The van der Waals surface area contributed by atoms with Gasteiger partial charge in [0.05, 0.1) is 10.6 Å². The number of aryl methyl sites for hydroxylation is 1. The van der Waals surface area contributed by atoms with Crippen molar-refractivity contribution in [1.29, 1.82) is 0 Å². The number of carbonyl (C=O) groups is 2. The number of halogens is 1. The number of anilines is 1. The summed E-state index contributed by atoms with van der Waals surface area (Å²) in [5.74, 6) is -1.60. The molecule has 3 aromatic rings. The van der Waals surface area contributed by atoms with Crippen LogP contribution in [0.3, 0.4) is 0 Å². The zero-order chi connectivity index (χ0) is 28.8. The van der Waals surface area contributed by atoms with Crippen molar-refractivity contribution >= 4 is 27.5 Å². The second kappa shape index (κ2) is 12.4. The van der Waals surface area contributed by atoms with Gasteiger partial charge in [-0.3, -0.25) is 13.9 Å². The predicted octanol–water partition coefficient (Wildman–Crippen LogP) is 4.92. The molecule has 0 aliphatic rings. The minimum Gasteiger partial charge on any atom is -0.350 e. The number of amides is 2. The van der Waals surface area contributed by atoms with Crippen LogP contribution < -0.4 is 9.62 Å². The maximum Gasteiger partial charge on any atom is 0.264 e. The Morgan fingerprint density at radius 3 is 2.08 bits per heavy atom. The summed E-state index contributed by atoms with van der Waals surface area (Å²) in [6, 6.07) is 19.8. The van der Waals surface area contributed by atoms with Crippen LogP contribution in [0.15, 0.2) is 83.8 Å². The van der Waals surface area contributed by atoms with Gasteiger partial charge >= 0.3 is 0 Å². The second-order valence-corrected chi connectivity index (χ2v) is 12.2. The van der Waals surface area contributed by atoms with E-state index >= 15 is 0 Å². The number of hydrogen-bond acceptors (Lipinski definition) is 4. The number of carbonyl (C=O) groups excluding carboxylic acids is 2.